The number of carbonyl (C=O) groups is 1. The van der Waals surface area contributed by atoms with Gasteiger partial charge in [0.2, 0.25) is 0 Å². The fraction of sp³-hybridized carbons (Fsp3) is 0.0526. The zero-order valence-electron chi connectivity index (χ0n) is 13.5. The molecule has 0 bridgehead atoms. The Kier molecular flexibility index (Phi) is 4.89. The second kappa shape index (κ2) is 7.14. The Labute approximate surface area is 150 Å². The number of alkyl halides is 3. The van der Waals surface area contributed by atoms with Crippen LogP contribution in [0, 0.1) is 11.6 Å². The SMILES string of the molecule is O=CC(=Cc1ccc(-n2ccc(C(F)(F)F)n2)cc1)c1cc(F)ccc1F. The number of hydrogen-bond acceptors (Lipinski definition) is 2. The van der Waals surface area contributed by atoms with Gasteiger partial charge in [0.25, 0.3) is 0 Å². The number of rotatable bonds is 4. The summed E-state index contributed by atoms with van der Waals surface area (Å²) in [5, 5.41) is 3.46. The summed E-state index contributed by atoms with van der Waals surface area (Å²) in [6.07, 6.45) is -1.62. The number of halogens is 5. The molecule has 0 aliphatic rings. The third-order valence-electron chi connectivity index (χ3n) is 3.73. The first-order valence-corrected chi connectivity index (χ1v) is 7.63. The minimum atomic E-state index is -4.54. The third kappa shape index (κ3) is 4.11. The predicted octanol–water partition coefficient (Wildman–Crippen LogP) is 4.91. The van der Waals surface area contributed by atoms with Crippen LogP contribution in [0.2, 0.25) is 0 Å². The van der Waals surface area contributed by atoms with E-state index in [0.29, 0.717) is 17.5 Å². The Morgan fingerprint density at radius 1 is 1.00 bits per heavy atom. The van der Waals surface area contributed by atoms with E-state index in [0.717, 1.165) is 28.9 Å². The van der Waals surface area contributed by atoms with Gasteiger partial charge in [-0.05, 0) is 48.0 Å². The largest absolute Gasteiger partial charge is 0.435 e. The lowest BCUT2D eigenvalue weighted by Crippen LogP contribution is -2.07. The van der Waals surface area contributed by atoms with Gasteiger partial charge >= 0.3 is 6.18 Å². The van der Waals surface area contributed by atoms with E-state index in [1.54, 1.807) is 0 Å². The van der Waals surface area contributed by atoms with Crippen LogP contribution in [-0.2, 0) is 11.0 Å². The molecule has 0 unspecified atom stereocenters. The fourth-order valence-electron chi connectivity index (χ4n) is 2.42. The zero-order chi connectivity index (χ0) is 19.6. The first-order valence-electron chi connectivity index (χ1n) is 7.63. The van der Waals surface area contributed by atoms with Gasteiger partial charge in [0.05, 0.1) is 5.69 Å². The van der Waals surface area contributed by atoms with Crippen LogP contribution in [-0.4, -0.2) is 16.1 Å². The normalized spacial score (nSPS) is 12.3. The van der Waals surface area contributed by atoms with E-state index in [4.69, 9.17) is 0 Å². The molecule has 0 spiro atoms. The number of nitrogens with zero attached hydrogens (tertiary/aromatic N) is 2. The summed E-state index contributed by atoms with van der Waals surface area (Å²) < 4.78 is 66.0. The van der Waals surface area contributed by atoms with Crippen LogP contribution in [0.1, 0.15) is 16.8 Å². The van der Waals surface area contributed by atoms with Crippen LogP contribution in [0.5, 0.6) is 0 Å². The Morgan fingerprint density at radius 2 is 1.70 bits per heavy atom. The minimum Gasteiger partial charge on any atom is -0.298 e. The lowest BCUT2D eigenvalue weighted by Gasteiger charge is -2.05. The van der Waals surface area contributed by atoms with Crippen molar-refractivity contribution in [3.8, 4) is 5.69 Å². The molecule has 0 atom stereocenters. The van der Waals surface area contributed by atoms with Crippen LogP contribution in [0.15, 0.2) is 54.7 Å². The Balaban J connectivity index is 1.90. The van der Waals surface area contributed by atoms with Gasteiger partial charge in [0.1, 0.15) is 11.6 Å². The summed E-state index contributed by atoms with van der Waals surface area (Å²) in [6, 6.07) is 9.64. The number of hydrogen-bond donors (Lipinski definition) is 0. The van der Waals surface area contributed by atoms with E-state index in [1.165, 1.54) is 36.5 Å². The zero-order valence-corrected chi connectivity index (χ0v) is 13.5. The topological polar surface area (TPSA) is 34.9 Å². The first kappa shape index (κ1) is 18.5. The maximum Gasteiger partial charge on any atom is 0.435 e. The molecule has 0 aliphatic heterocycles. The van der Waals surface area contributed by atoms with Crippen LogP contribution in [0.3, 0.4) is 0 Å². The molecule has 2 aromatic carbocycles. The second-order valence-corrected chi connectivity index (χ2v) is 5.58. The van der Waals surface area contributed by atoms with Gasteiger partial charge in [-0.2, -0.15) is 18.3 Å². The van der Waals surface area contributed by atoms with E-state index >= 15 is 0 Å². The maximum absolute atomic E-state index is 13.8. The Hall–Kier alpha value is -3.29. The highest BCUT2D eigenvalue weighted by molar-refractivity contribution is 6.13. The molecule has 0 N–H and O–H groups in total. The average Bonchev–Trinajstić information content (AvgIpc) is 3.13. The van der Waals surface area contributed by atoms with E-state index in [-0.39, 0.29) is 11.1 Å². The maximum atomic E-state index is 13.8. The van der Waals surface area contributed by atoms with Crippen molar-refractivity contribution in [1.29, 1.82) is 0 Å². The number of aromatic nitrogens is 2. The summed E-state index contributed by atoms with van der Waals surface area (Å²) in [7, 11) is 0. The molecule has 3 nitrogen and oxygen atoms in total. The molecule has 3 aromatic rings. The molecule has 0 saturated heterocycles. The predicted molar refractivity (Wildman–Crippen MR) is 88.9 cm³/mol. The van der Waals surface area contributed by atoms with Crippen molar-refractivity contribution in [3.05, 3.63) is 83.2 Å². The summed E-state index contributed by atoms with van der Waals surface area (Å²) in [5.74, 6) is -1.43. The molecule has 27 heavy (non-hydrogen) atoms. The smallest absolute Gasteiger partial charge is 0.298 e. The van der Waals surface area contributed by atoms with Crippen molar-refractivity contribution in [2.24, 2.45) is 0 Å². The number of benzene rings is 2. The van der Waals surface area contributed by atoms with E-state index in [1.807, 2.05) is 0 Å². The molecule has 0 fully saturated rings. The number of allylic oxidation sites excluding steroid dienone is 1. The Morgan fingerprint density at radius 3 is 2.30 bits per heavy atom. The van der Waals surface area contributed by atoms with Crippen molar-refractivity contribution in [3.63, 3.8) is 0 Å². The average molecular weight is 378 g/mol. The molecule has 138 valence electrons. The van der Waals surface area contributed by atoms with Gasteiger partial charge in [0.15, 0.2) is 12.0 Å². The lowest BCUT2D eigenvalue weighted by atomic mass is 10.0. The molecule has 0 saturated carbocycles. The highest BCUT2D eigenvalue weighted by atomic mass is 19.4. The monoisotopic (exact) mass is 378 g/mol. The lowest BCUT2D eigenvalue weighted by molar-refractivity contribution is -0.141. The van der Waals surface area contributed by atoms with Crippen LogP contribution >= 0.6 is 0 Å². The number of aldehydes is 1. The highest BCUT2D eigenvalue weighted by Gasteiger charge is 2.33. The quantitative estimate of drug-likeness (QED) is 0.280. The van der Waals surface area contributed by atoms with Gasteiger partial charge in [0, 0.05) is 17.3 Å². The molecule has 1 aromatic heterocycles. The molecule has 0 radical (unpaired) electrons. The van der Waals surface area contributed by atoms with E-state index < -0.39 is 23.5 Å². The third-order valence-corrected chi connectivity index (χ3v) is 3.73. The van der Waals surface area contributed by atoms with Crippen molar-refractivity contribution < 1.29 is 26.7 Å². The van der Waals surface area contributed by atoms with Gasteiger partial charge in [-0.25, -0.2) is 13.5 Å². The fourth-order valence-corrected chi connectivity index (χ4v) is 2.42. The van der Waals surface area contributed by atoms with Crippen LogP contribution in [0.4, 0.5) is 22.0 Å². The molecular formula is C19H11F5N2O. The highest BCUT2D eigenvalue weighted by Crippen LogP contribution is 2.28. The van der Waals surface area contributed by atoms with Crippen molar-refractivity contribution in [2.75, 3.05) is 0 Å². The summed E-state index contributed by atoms with van der Waals surface area (Å²) >= 11 is 0. The van der Waals surface area contributed by atoms with Crippen molar-refractivity contribution >= 4 is 17.9 Å². The summed E-state index contributed by atoms with van der Waals surface area (Å²) in [4.78, 5) is 11.3. The van der Waals surface area contributed by atoms with Crippen molar-refractivity contribution in [2.45, 2.75) is 6.18 Å². The van der Waals surface area contributed by atoms with E-state index in [2.05, 4.69) is 5.10 Å². The van der Waals surface area contributed by atoms with Crippen LogP contribution in [0.25, 0.3) is 17.3 Å². The van der Waals surface area contributed by atoms with E-state index in [9.17, 15) is 26.7 Å². The molecule has 0 aliphatic carbocycles. The minimum absolute atomic E-state index is 0.0711. The standard InChI is InChI=1S/C19H11F5N2O/c20-14-3-6-17(21)16(10-14)13(11-27)9-12-1-4-15(5-2-12)26-8-7-18(25-26)19(22,23)24/h1-11H. The van der Waals surface area contributed by atoms with Crippen LogP contribution < -0.4 is 0 Å². The van der Waals surface area contributed by atoms with Gasteiger partial charge < -0.3 is 0 Å². The number of carbonyl (C=O) groups excluding carboxylic acids is 1. The summed E-state index contributed by atoms with van der Waals surface area (Å²) in [5.41, 5.74) is -0.426. The second-order valence-electron chi connectivity index (χ2n) is 5.58. The van der Waals surface area contributed by atoms with Gasteiger partial charge in [-0.3, -0.25) is 4.79 Å². The summed E-state index contributed by atoms with van der Waals surface area (Å²) in [6.45, 7) is 0. The molecule has 8 heteroatoms. The van der Waals surface area contributed by atoms with Gasteiger partial charge in [-0.15, -0.1) is 0 Å². The first-order chi connectivity index (χ1) is 12.8. The van der Waals surface area contributed by atoms with Gasteiger partial charge in [-0.1, -0.05) is 12.1 Å². The molecule has 3 rings (SSSR count). The molecule has 0 amide bonds. The molecule has 1 heterocycles. The van der Waals surface area contributed by atoms with Crippen molar-refractivity contribution in [1.82, 2.24) is 9.78 Å². The molecular weight excluding hydrogens is 367 g/mol. The Bertz CT molecular complexity index is 1000.